The summed E-state index contributed by atoms with van der Waals surface area (Å²) in [7, 11) is 0. The van der Waals surface area contributed by atoms with E-state index in [9.17, 15) is 0 Å². The molecule has 0 aromatic rings. The lowest BCUT2D eigenvalue weighted by Gasteiger charge is -2.59. The van der Waals surface area contributed by atoms with Crippen LogP contribution < -0.4 is 0 Å². The molecule has 0 aliphatic heterocycles. The van der Waals surface area contributed by atoms with Gasteiger partial charge in [0.25, 0.3) is 0 Å². The smallest absolute Gasteiger partial charge is 0.00421 e. The second kappa shape index (κ2) is 7.42. The first-order chi connectivity index (χ1) is 13.6. The van der Waals surface area contributed by atoms with Gasteiger partial charge in [0.15, 0.2) is 0 Å². The predicted molar refractivity (Wildman–Crippen MR) is 127 cm³/mol. The van der Waals surface area contributed by atoms with Gasteiger partial charge < -0.3 is 0 Å². The van der Waals surface area contributed by atoms with Crippen LogP contribution in [0.5, 0.6) is 0 Å². The van der Waals surface area contributed by atoms with Crippen LogP contribution in [0.3, 0.4) is 0 Å². The molecule has 0 saturated heterocycles. The van der Waals surface area contributed by atoms with Crippen molar-refractivity contribution in [1.82, 2.24) is 0 Å². The van der Waals surface area contributed by atoms with E-state index >= 15 is 0 Å². The van der Waals surface area contributed by atoms with E-state index in [2.05, 4.69) is 66.7 Å². The molecular formula is C29H46. The van der Waals surface area contributed by atoms with Crippen molar-refractivity contribution in [3.63, 3.8) is 0 Å². The van der Waals surface area contributed by atoms with Gasteiger partial charge in [-0.1, -0.05) is 69.6 Å². The maximum atomic E-state index is 2.67. The molecule has 0 bridgehead atoms. The third-order valence-electron chi connectivity index (χ3n) is 10.5. The van der Waals surface area contributed by atoms with Gasteiger partial charge in [-0.3, -0.25) is 0 Å². The van der Waals surface area contributed by atoms with Crippen LogP contribution in [0.15, 0.2) is 34.9 Å². The van der Waals surface area contributed by atoms with Crippen LogP contribution in [0.1, 0.15) is 106 Å². The van der Waals surface area contributed by atoms with Crippen molar-refractivity contribution >= 4 is 0 Å². The summed E-state index contributed by atoms with van der Waals surface area (Å²) in [6.07, 6.45) is 20.4. The first-order valence-electron chi connectivity index (χ1n) is 12.7. The van der Waals surface area contributed by atoms with Crippen LogP contribution >= 0.6 is 0 Å². The highest BCUT2D eigenvalue weighted by molar-refractivity contribution is 5.41. The summed E-state index contributed by atoms with van der Waals surface area (Å²) in [6, 6.07) is 0. The molecule has 0 radical (unpaired) electrons. The van der Waals surface area contributed by atoms with Crippen LogP contribution in [0.25, 0.3) is 0 Å². The van der Waals surface area contributed by atoms with E-state index in [1.807, 2.05) is 5.57 Å². The maximum Gasteiger partial charge on any atom is -0.00421 e. The van der Waals surface area contributed by atoms with Crippen molar-refractivity contribution in [2.45, 2.75) is 106 Å². The minimum atomic E-state index is 0.360. The van der Waals surface area contributed by atoms with E-state index < -0.39 is 0 Å². The molecule has 3 fully saturated rings. The van der Waals surface area contributed by atoms with E-state index in [0.29, 0.717) is 16.2 Å². The zero-order valence-corrected chi connectivity index (χ0v) is 20.4. The summed E-state index contributed by atoms with van der Waals surface area (Å²) >= 11 is 0. The molecule has 0 spiro atoms. The molecule has 0 heteroatoms. The Kier molecular flexibility index (Phi) is 5.49. The van der Waals surface area contributed by atoms with Gasteiger partial charge in [0.1, 0.15) is 0 Å². The highest BCUT2D eigenvalue weighted by Crippen LogP contribution is 2.67. The predicted octanol–water partition coefficient (Wildman–Crippen LogP) is 8.89. The molecular weight excluding hydrogens is 348 g/mol. The van der Waals surface area contributed by atoms with Crippen LogP contribution in [-0.4, -0.2) is 0 Å². The fourth-order valence-electron chi connectivity index (χ4n) is 8.21. The molecule has 0 aromatic carbocycles. The van der Waals surface area contributed by atoms with Gasteiger partial charge in [0.05, 0.1) is 0 Å². The Balaban J connectivity index is 1.57. The number of rotatable bonds is 4. The van der Waals surface area contributed by atoms with Crippen LogP contribution in [0.2, 0.25) is 0 Å². The summed E-state index contributed by atoms with van der Waals surface area (Å²) in [5, 5.41) is 0. The normalized spacial score (nSPS) is 42.9. The Hall–Kier alpha value is -0.780. The van der Waals surface area contributed by atoms with E-state index in [4.69, 9.17) is 0 Å². The Labute approximate surface area is 181 Å². The highest BCUT2D eigenvalue weighted by Gasteiger charge is 2.57. The number of allylic oxidation sites excluding steroid dienone is 6. The number of hydrogen-bond acceptors (Lipinski definition) is 0. The molecule has 0 heterocycles. The molecule has 4 aliphatic carbocycles. The van der Waals surface area contributed by atoms with E-state index in [0.717, 1.165) is 23.7 Å². The maximum absolute atomic E-state index is 2.67. The average Bonchev–Trinajstić information content (AvgIpc) is 2.99. The van der Waals surface area contributed by atoms with Crippen LogP contribution in [0.4, 0.5) is 0 Å². The second-order valence-electron chi connectivity index (χ2n) is 12.5. The number of hydrogen-bond donors (Lipinski definition) is 0. The molecule has 4 rings (SSSR count). The molecule has 0 N–H and O–H groups in total. The van der Waals surface area contributed by atoms with Crippen molar-refractivity contribution in [2.24, 2.45) is 39.9 Å². The topological polar surface area (TPSA) is 0 Å². The van der Waals surface area contributed by atoms with Crippen molar-refractivity contribution < 1.29 is 0 Å². The van der Waals surface area contributed by atoms with Gasteiger partial charge in [0.2, 0.25) is 0 Å². The van der Waals surface area contributed by atoms with Crippen molar-refractivity contribution in [3.05, 3.63) is 34.9 Å². The lowest BCUT2D eigenvalue weighted by atomic mass is 9.46. The summed E-state index contributed by atoms with van der Waals surface area (Å²) in [6.45, 7) is 17.3. The zero-order valence-electron chi connectivity index (χ0n) is 20.4. The molecule has 6 unspecified atom stereocenters. The molecule has 6 atom stereocenters. The molecule has 4 aliphatic rings. The van der Waals surface area contributed by atoms with Crippen molar-refractivity contribution in [3.8, 4) is 0 Å². The summed E-state index contributed by atoms with van der Waals surface area (Å²) < 4.78 is 0. The van der Waals surface area contributed by atoms with Gasteiger partial charge in [-0.05, 0) is 112 Å². The first-order valence-corrected chi connectivity index (χ1v) is 12.7. The molecule has 0 aromatic heterocycles. The van der Waals surface area contributed by atoms with E-state index in [-0.39, 0.29) is 0 Å². The summed E-state index contributed by atoms with van der Waals surface area (Å²) in [4.78, 5) is 0. The lowest BCUT2D eigenvalue weighted by Crippen LogP contribution is -2.49. The monoisotopic (exact) mass is 394 g/mol. The Bertz CT molecular complexity index is 727. The van der Waals surface area contributed by atoms with Crippen molar-refractivity contribution in [2.75, 3.05) is 0 Å². The first kappa shape index (κ1) is 21.5. The molecule has 3 saturated carbocycles. The molecule has 0 nitrogen and oxygen atoms in total. The van der Waals surface area contributed by atoms with Gasteiger partial charge in [-0.25, -0.2) is 0 Å². The van der Waals surface area contributed by atoms with Crippen LogP contribution in [0, 0.1) is 39.9 Å². The van der Waals surface area contributed by atoms with Crippen molar-refractivity contribution in [1.29, 1.82) is 0 Å². The number of fused-ring (bicyclic) bond motifs is 5. The Morgan fingerprint density at radius 1 is 0.966 bits per heavy atom. The highest BCUT2D eigenvalue weighted by atomic mass is 14.6. The van der Waals surface area contributed by atoms with E-state index in [1.165, 1.54) is 63.4 Å². The van der Waals surface area contributed by atoms with Gasteiger partial charge in [0, 0.05) is 0 Å². The Morgan fingerprint density at radius 2 is 1.72 bits per heavy atom. The summed E-state index contributed by atoms with van der Waals surface area (Å²) in [5.41, 5.74) is 6.46. The SMILES string of the molecule is CC(C)=CCCCC1CCC2C3=CC=C4C(C)(C)C(C)CCC4(C)C3CCC12C. The Morgan fingerprint density at radius 3 is 2.45 bits per heavy atom. The van der Waals surface area contributed by atoms with E-state index in [1.54, 1.807) is 5.57 Å². The minimum absolute atomic E-state index is 0.360. The third-order valence-corrected chi connectivity index (χ3v) is 10.5. The second-order valence-corrected chi connectivity index (χ2v) is 12.5. The largest absolute Gasteiger partial charge is 0.0859 e. The fraction of sp³-hybridized carbons (Fsp3) is 0.793. The number of unbranched alkanes of at least 4 members (excludes halogenated alkanes) is 1. The van der Waals surface area contributed by atoms with Gasteiger partial charge in [-0.15, -0.1) is 0 Å². The molecule has 162 valence electrons. The molecule has 0 amide bonds. The standard InChI is InChI=1S/C29H46/c1-20(2)10-8-9-11-22-12-14-24-23-13-15-26-27(4,5)21(3)16-18-29(26,7)25(23)17-19-28(22,24)6/h10,13,15,21-22,24-25H,8-9,11-12,14,16-19H2,1-7H3. The van der Waals surface area contributed by atoms with Crippen LogP contribution in [-0.2, 0) is 0 Å². The molecule has 29 heavy (non-hydrogen) atoms. The zero-order chi connectivity index (χ0) is 21.0. The van der Waals surface area contributed by atoms with Gasteiger partial charge in [-0.2, -0.15) is 0 Å². The third kappa shape index (κ3) is 3.32. The average molecular weight is 395 g/mol. The van der Waals surface area contributed by atoms with Gasteiger partial charge >= 0.3 is 0 Å². The summed E-state index contributed by atoms with van der Waals surface area (Å²) in [5.74, 6) is 3.42. The quantitative estimate of drug-likeness (QED) is 0.330. The fourth-order valence-corrected chi connectivity index (χ4v) is 8.21. The lowest BCUT2D eigenvalue weighted by molar-refractivity contribution is 0.0367. The minimum Gasteiger partial charge on any atom is -0.0859 e.